The van der Waals surface area contributed by atoms with E-state index in [1.54, 1.807) is 19.2 Å². The summed E-state index contributed by atoms with van der Waals surface area (Å²) in [7, 11) is 1.64. The van der Waals surface area contributed by atoms with Crippen LogP contribution in [0.5, 0.6) is 0 Å². The van der Waals surface area contributed by atoms with Crippen LogP contribution in [0.4, 0.5) is 0 Å². The van der Waals surface area contributed by atoms with Crippen molar-refractivity contribution in [3.63, 3.8) is 0 Å². The molecule has 1 heterocycles. The first-order chi connectivity index (χ1) is 11.1. The number of carbonyl (C=O) groups excluding carboxylic acids is 1. The molecule has 2 rings (SSSR count). The van der Waals surface area contributed by atoms with Crippen molar-refractivity contribution in [3.8, 4) is 0 Å². The Balaban J connectivity index is 2.07. The van der Waals surface area contributed by atoms with Crippen molar-refractivity contribution in [1.29, 1.82) is 0 Å². The highest BCUT2D eigenvalue weighted by Gasteiger charge is 2.12. The van der Waals surface area contributed by atoms with Gasteiger partial charge in [0.25, 0.3) is 11.5 Å². The van der Waals surface area contributed by atoms with Crippen molar-refractivity contribution in [1.82, 2.24) is 14.8 Å². The number of amides is 1. The molecule has 0 fully saturated rings. The van der Waals surface area contributed by atoms with Gasteiger partial charge >= 0.3 is 0 Å². The number of hydrogen-bond donors (Lipinski definition) is 1. The molecule has 0 saturated carbocycles. The van der Waals surface area contributed by atoms with Crippen molar-refractivity contribution < 1.29 is 4.79 Å². The predicted octanol–water partition coefficient (Wildman–Crippen LogP) is 2.00. The van der Waals surface area contributed by atoms with Crippen LogP contribution in [0.3, 0.4) is 0 Å². The van der Waals surface area contributed by atoms with Gasteiger partial charge in [-0.05, 0) is 43.6 Å². The molecule has 1 amide bonds. The van der Waals surface area contributed by atoms with E-state index in [2.05, 4.69) is 24.1 Å². The predicted molar refractivity (Wildman–Crippen MR) is 93.9 cm³/mol. The van der Waals surface area contributed by atoms with E-state index >= 15 is 0 Å². The minimum Gasteiger partial charge on any atom is -0.351 e. The second-order valence-corrected chi connectivity index (χ2v) is 5.62. The van der Waals surface area contributed by atoms with Gasteiger partial charge in [-0.1, -0.05) is 32.0 Å². The van der Waals surface area contributed by atoms with Crippen LogP contribution in [0, 0.1) is 0 Å². The van der Waals surface area contributed by atoms with Gasteiger partial charge in [-0.3, -0.25) is 9.59 Å². The van der Waals surface area contributed by atoms with Crippen molar-refractivity contribution in [3.05, 3.63) is 46.4 Å². The molecule has 0 aliphatic heterocycles. The van der Waals surface area contributed by atoms with Crippen molar-refractivity contribution in [2.24, 2.45) is 7.05 Å². The third-order valence-corrected chi connectivity index (χ3v) is 4.21. The van der Waals surface area contributed by atoms with Gasteiger partial charge < -0.3 is 14.8 Å². The van der Waals surface area contributed by atoms with Crippen LogP contribution in [-0.2, 0) is 7.05 Å². The highest BCUT2D eigenvalue weighted by atomic mass is 16.2. The average Bonchev–Trinajstić information content (AvgIpc) is 2.58. The lowest BCUT2D eigenvalue weighted by Gasteiger charge is -2.17. The number of carbonyl (C=O) groups is 1. The maximum Gasteiger partial charge on any atom is 0.268 e. The molecule has 0 aliphatic carbocycles. The van der Waals surface area contributed by atoms with Gasteiger partial charge in [0.1, 0.15) is 5.69 Å². The maximum absolute atomic E-state index is 12.4. The molecular formula is C18H25N3O2. The molecule has 124 valence electrons. The molecule has 0 saturated heterocycles. The summed E-state index contributed by atoms with van der Waals surface area (Å²) in [6.45, 7) is 7.87. The number of fused-ring (bicyclic) bond motifs is 1. The Kier molecular flexibility index (Phi) is 5.93. The number of nitrogens with zero attached hydrogens (tertiary/aromatic N) is 2. The number of rotatable bonds is 7. The van der Waals surface area contributed by atoms with E-state index in [1.807, 2.05) is 18.2 Å². The van der Waals surface area contributed by atoms with Crippen LogP contribution in [0.15, 0.2) is 35.1 Å². The SMILES string of the molecule is CCN(CC)CCCNC(=O)c1cc2ccccc2c(=O)n1C. The molecule has 23 heavy (non-hydrogen) atoms. The summed E-state index contributed by atoms with van der Waals surface area (Å²) < 4.78 is 1.42. The minimum absolute atomic E-state index is 0.142. The largest absolute Gasteiger partial charge is 0.351 e. The zero-order valence-electron chi connectivity index (χ0n) is 14.1. The number of pyridine rings is 1. The van der Waals surface area contributed by atoms with Gasteiger partial charge in [-0.15, -0.1) is 0 Å². The highest BCUT2D eigenvalue weighted by molar-refractivity contribution is 5.96. The molecule has 0 unspecified atom stereocenters. The molecule has 0 spiro atoms. The summed E-state index contributed by atoms with van der Waals surface area (Å²) in [6, 6.07) is 9.11. The Morgan fingerprint density at radius 1 is 1.22 bits per heavy atom. The molecule has 5 heteroatoms. The second-order valence-electron chi connectivity index (χ2n) is 5.62. The van der Waals surface area contributed by atoms with Gasteiger partial charge in [0.15, 0.2) is 0 Å². The van der Waals surface area contributed by atoms with Gasteiger partial charge in [0.2, 0.25) is 0 Å². The number of aromatic nitrogens is 1. The minimum atomic E-state index is -0.199. The highest BCUT2D eigenvalue weighted by Crippen LogP contribution is 2.11. The standard InChI is InChI=1S/C18H25N3O2/c1-4-21(5-2)12-8-11-19-17(22)16-13-14-9-6-7-10-15(14)18(23)20(16)3/h6-7,9-10,13H,4-5,8,11-12H2,1-3H3,(H,19,22). The summed E-state index contributed by atoms with van der Waals surface area (Å²) in [5.74, 6) is -0.199. The van der Waals surface area contributed by atoms with Gasteiger partial charge in [0.05, 0.1) is 0 Å². The number of benzene rings is 1. The molecule has 0 bridgehead atoms. The number of nitrogens with one attached hydrogen (secondary N) is 1. The number of hydrogen-bond acceptors (Lipinski definition) is 3. The second kappa shape index (κ2) is 7.92. The van der Waals surface area contributed by atoms with Crippen molar-refractivity contribution in [2.75, 3.05) is 26.2 Å². The molecule has 0 aliphatic rings. The third-order valence-electron chi connectivity index (χ3n) is 4.21. The van der Waals surface area contributed by atoms with E-state index in [0.717, 1.165) is 31.4 Å². The summed E-state index contributed by atoms with van der Waals surface area (Å²) in [5.41, 5.74) is 0.257. The molecule has 2 aromatic rings. The molecular weight excluding hydrogens is 290 g/mol. The third kappa shape index (κ3) is 3.99. The van der Waals surface area contributed by atoms with E-state index in [9.17, 15) is 9.59 Å². The average molecular weight is 315 g/mol. The van der Waals surface area contributed by atoms with Crippen LogP contribution in [-0.4, -0.2) is 41.6 Å². The quantitative estimate of drug-likeness (QED) is 0.795. The van der Waals surface area contributed by atoms with Crippen molar-refractivity contribution >= 4 is 16.7 Å². The molecule has 1 aromatic carbocycles. The van der Waals surface area contributed by atoms with Gasteiger partial charge in [-0.2, -0.15) is 0 Å². The Bertz CT molecular complexity index is 733. The maximum atomic E-state index is 12.4. The fourth-order valence-electron chi connectivity index (χ4n) is 2.70. The molecule has 0 atom stereocenters. The topological polar surface area (TPSA) is 54.3 Å². The summed E-state index contributed by atoms with van der Waals surface area (Å²) in [6.07, 6.45) is 0.898. The summed E-state index contributed by atoms with van der Waals surface area (Å²) >= 11 is 0. The van der Waals surface area contributed by atoms with Crippen LogP contribution < -0.4 is 10.9 Å². The summed E-state index contributed by atoms with van der Waals surface area (Å²) in [4.78, 5) is 27.0. The van der Waals surface area contributed by atoms with E-state index in [0.29, 0.717) is 17.6 Å². The normalized spacial score (nSPS) is 11.1. The fourth-order valence-corrected chi connectivity index (χ4v) is 2.70. The smallest absolute Gasteiger partial charge is 0.268 e. The molecule has 0 radical (unpaired) electrons. The molecule has 5 nitrogen and oxygen atoms in total. The monoisotopic (exact) mass is 315 g/mol. The first-order valence-corrected chi connectivity index (χ1v) is 8.17. The Morgan fingerprint density at radius 3 is 2.61 bits per heavy atom. The molecule has 1 aromatic heterocycles. The first-order valence-electron chi connectivity index (χ1n) is 8.17. The Hall–Kier alpha value is -2.14. The van der Waals surface area contributed by atoms with Crippen LogP contribution in [0.2, 0.25) is 0 Å². The zero-order valence-corrected chi connectivity index (χ0v) is 14.1. The van der Waals surface area contributed by atoms with E-state index < -0.39 is 0 Å². The van der Waals surface area contributed by atoms with Crippen molar-refractivity contribution in [2.45, 2.75) is 20.3 Å². The lowest BCUT2D eigenvalue weighted by Crippen LogP contribution is -2.33. The Labute approximate surface area is 136 Å². The Morgan fingerprint density at radius 2 is 1.91 bits per heavy atom. The van der Waals surface area contributed by atoms with E-state index in [-0.39, 0.29) is 11.5 Å². The van der Waals surface area contributed by atoms with Crippen LogP contribution >= 0.6 is 0 Å². The zero-order chi connectivity index (χ0) is 16.8. The first kappa shape index (κ1) is 17.2. The lowest BCUT2D eigenvalue weighted by molar-refractivity contribution is 0.0942. The van der Waals surface area contributed by atoms with E-state index in [4.69, 9.17) is 0 Å². The van der Waals surface area contributed by atoms with Crippen LogP contribution in [0.25, 0.3) is 10.8 Å². The fraction of sp³-hybridized carbons (Fsp3) is 0.444. The molecule has 1 N–H and O–H groups in total. The van der Waals surface area contributed by atoms with E-state index in [1.165, 1.54) is 4.57 Å². The van der Waals surface area contributed by atoms with Crippen LogP contribution in [0.1, 0.15) is 30.8 Å². The lowest BCUT2D eigenvalue weighted by atomic mass is 10.1. The van der Waals surface area contributed by atoms with Gasteiger partial charge in [0, 0.05) is 19.0 Å². The van der Waals surface area contributed by atoms with Gasteiger partial charge in [-0.25, -0.2) is 0 Å². The summed E-state index contributed by atoms with van der Waals surface area (Å²) in [5, 5.41) is 4.34.